The SMILES string of the molecule is CCOC(=O)c1cc(NC(=S)Nc2ccc(OC)cc2)cc(C(=O)OCC)c1. The van der Waals surface area contributed by atoms with E-state index in [1.165, 1.54) is 6.07 Å². The van der Waals surface area contributed by atoms with E-state index in [1.807, 2.05) is 12.1 Å². The van der Waals surface area contributed by atoms with Gasteiger partial charge < -0.3 is 24.8 Å². The van der Waals surface area contributed by atoms with Crippen molar-refractivity contribution in [1.29, 1.82) is 0 Å². The number of carbonyl (C=O) groups excluding carboxylic acids is 2. The van der Waals surface area contributed by atoms with Crippen molar-refractivity contribution in [1.82, 2.24) is 0 Å². The molecule has 0 bridgehead atoms. The lowest BCUT2D eigenvalue weighted by Crippen LogP contribution is -2.20. The van der Waals surface area contributed by atoms with Gasteiger partial charge in [-0.25, -0.2) is 9.59 Å². The van der Waals surface area contributed by atoms with E-state index >= 15 is 0 Å². The summed E-state index contributed by atoms with van der Waals surface area (Å²) in [6.45, 7) is 3.87. The van der Waals surface area contributed by atoms with E-state index in [9.17, 15) is 9.59 Å². The maximum Gasteiger partial charge on any atom is 0.338 e. The summed E-state index contributed by atoms with van der Waals surface area (Å²) >= 11 is 5.31. The van der Waals surface area contributed by atoms with E-state index in [0.717, 1.165) is 11.4 Å². The number of anilines is 2. The Kier molecular flexibility index (Phi) is 7.76. The summed E-state index contributed by atoms with van der Waals surface area (Å²) < 4.78 is 15.2. The minimum absolute atomic E-state index is 0.224. The van der Waals surface area contributed by atoms with Crippen molar-refractivity contribution >= 4 is 40.6 Å². The second kappa shape index (κ2) is 10.3. The fourth-order valence-corrected chi connectivity index (χ4v) is 2.57. The van der Waals surface area contributed by atoms with Gasteiger partial charge in [0.2, 0.25) is 0 Å². The molecular weight excluding hydrogens is 380 g/mol. The third-order valence-corrected chi connectivity index (χ3v) is 3.77. The molecule has 0 aliphatic carbocycles. The number of hydrogen-bond donors (Lipinski definition) is 2. The molecule has 0 aliphatic rings. The van der Waals surface area contributed by atoms with Gasteiger partial charge >= 0.3 is 11.9 Å². The average molecular weight is 402 g/mol. The first-order valence-corrected chi connectivity index (χ1v) is 9.09. The van der Waals surface area contributed by atoms with Gasteiger partial charge in [0.25, 0.3) is 0 Å². The molecule has 0 saturated carbocycles. The second-order valence-corrected chi connectivity index (χ2v) is 5.96. The van der Waals surface area contributed by atoms with Crippen LogP contribution in [0.15, 0.2) is 42.5 Å². The first-order chi connectivity index (χ1) is 13.5. The fourth-order valence-electron chi connectivity index (χ4n) is 2.33. The molecule has 2 aromatic carbocycles. The van der Waals surface area contributed by atoms with E-state index < -0.39 is 11.9 Å². The van der Waals surface area contributed by atoms with Gasteiger partial charge in [-0.3, -0.25) is 0 Å². The van der Waals surface area contributed by atoms with Gasteiger partial charge in [0.15, 0.2) is 5.11 Å². The molecule has 2 aromatic rings. The molecule has 148 valence electrons. The Morgan fingerprint density at radius 3 is 1.82 bits per heavy atom. The number of methoxy groups -OCH3 is 1. The molecule has 8 heteroatoms. The van der Waals surface area contributed by atoms with Gasteiger partial charge in [0.1, 0.15) is 5.75 Å². The van der Waals surface area contributed by atoms with Crippen molar-refractivity contribution in [2.45, 2.75) is 13.8 Å². The lowest BCUT2D eigenvalue weighted by Gasteiger charge is -2.13. The lowest BCUT2D eigenvalue weighted by atomic mass is 10.1. The Bertz CT molecular complexity index is 816. The largest absolute Gasteiger partial charge is 0.497 e. The molecule has 0 heterocycles. The molecule has 2 N–H and O–H groups in total. The summed E-state index contributed by atoms with van der Waals surface area (Å²) in [7, 11) is 1.59. The topological polar surface area (TPSA) is 85.9 Å². The summed E-state index contributed by atoms with van der Waals surface area (Å²) in [6.07, 6.45) is 0. The van der Waals surface area contributed by atoms with Crippen molar-refractivity contribution in [2.24, 2.45) is 0 Å². The maximum atomic E-state index is 12.1. The number of esters is 2. The highest BCUT2D eigenvalue weighted by molar-refractivity contribution is 7.80. The van der Waals surface area contributed by atoms with E-state index in [-0.39, 0.29) is 24.3 Å². The molecule has 2 rings (SSSR count). The summed E-state index contributed by atoms with van der Waals surface area (Å²) in [5, 5.41) is 6.28. The Hall–Kier alpha value is -3.13. The van der Waals surface area contributed by atoms with Crippen LogP contribution in [-0.4, -0.2) is 37.4 Å². The van der Waals surface area contributed by atoms with E-state index in [0.29, 0.717) is 10.8 Å². The van der Waals surface area contributed by atoms with Gasteiger partial charge in [-0.1, -0.05) is 0 Å². The molecule has 28 heavy (non-hydrogen) atoms. The molecule has 0 spiro atoms. The van der Waals surface area contributed by atoms with Crippen LogP contribution in [0.25, 0.3) is 0 Å². The fraction of sp³-hybridized carbons (Fsp3) is 0.250. The van der Waals surface area contributed by atoms with Gasteiger partial charge in [-0.15, -0.1) is 0 Å². The second-order valence-electron chi connectivity index (χ2n) is 5.55. The zero-order valence-corrected chi connectivity index (χ0v) is 16.7. The highest BCUT2D eigenvalue weighted by atomic mass is 32.1. The molecule has 0 aromatic heterocycles. The van der Waals surface area contributed by atoms with Crippen LogP contribution in [0, 0.1) is 0 Å². The van der Waals surface area contributed by atoms with Crippen molar-refractivity contribution < 1.29 is 23.8 Å². The number of nitrogens with one attached hydrogen (secondary N) is 2. The molecule has 0 aliphatic heterocycles. The normalized spacial score (nSPS) is 9.96. The van der Waals surface area contributed by atoms with Gasteiger partial charge in [-0.05, 0) is 68.5 Å². The average Bonchev–Trinajstić information content (AvgIpc) is 2.68. The third kappa shape index (κ3) is 5.95. The standard InChI is InChI=1S/C20H22N2O5S/c1-4-26-18(23)13-10-14(19(24)27-5-2)12-16(11-13)22-20(28)21-15-6-8-17(25-3)9-7-15/h6-12H,4-5H2,1-3H3,(H2,21,22,28). The minimum atomic E-state index is -0.536. The van der Waals surface area contributed by atoms with E-state index in [2.05, 4.69) is 10.6 Å². The van der Waals surface area contributed by atoms with E-state index in [4.69, 9.17) is 26.4 Å². The van der Waals surface area contributed by atoms with Crippen LogP contribution in [0.4, 0.5) is 11.4 Å². The van der Waals surface area contributed by atoms with Gasteiger partial charge in [0, 0.05) is 11.4 Å². The molecule has 0 amide bonds. The molecule has 0 unspecified atom stereocenters. The number of carbonyl (C=O) groups is 2. The molecule has 0 radical (unpaired) electrons. The first-order valence-electron chi connectivity index (χ1n) is 8.68. The number of benzene rings is 2. The van der Waals surface area contributed by atoms with Crippen LogP contribution in [0.2, 0.25) is 0 Å². The van der Waals surface area contributed by atoms with Crippen molar-refractivity contribution in [2.75, 3.05) is 31.0 Å². The monoisotopic (exact) mass is 402 g/mol. The van der Waals surface area contributed by atoms with Gasteiger partial charge in [-0.2, -0.15) is 0 Å². The Labute approximate surface area is 169 Å². The number of ether oxygens (including phenoxy) is 3. The quantitative estimate of drug-likeness (QED) is 0.533. The molecule has 0 fully saturated rings. The Morgan fingerprint density at radius 2 is 1.36 bits per heavy atom. The highest BCUT2D eigenvalue weighted by Crippen LogP contribution is 2.19. The maximum absolute atomic E-state index is 12.1. The van der Waals surface area contributed by atoms with E-state index in [1.54, 1.807) is 45.2 Å². The molecular formula is C20H22N2O5S. The first kappa shape index (κ1) is 21.2. The van der Waals surface area contributed by atoms with Crippen LogP contribution in [0.1, 0.15) is 34.6 Å². The van der Waals surface area contributed by atoms with Gasteiger partial charge in [0.05, 0.1) is 31.5 Å². The Morgan fingerprint density at radius 1 is 0.857 bits per heavy atom. The predicted octanol–water partition coefficient (Wildman–Crippen LogP) is 3.86. The lowest BCUT2D eigenvalue weighted by molar-refractivity contribution is 0.0525. The van der Waals surface area contributed by atoms with Crippen LogP contribution in [-0.2, 0) is 9.47 Å². The van der Waals surface area contributed by atoms with Crippen molar-refractivity contribution in [3.63, 3.8) is 0 Å². The number of hydrogen-bond acceptors (Lipinski definition) is 6. The highest BCUT2D eigenvalue weighted by Gasteiger charge is 2.15. The number of thiocarbonyl (C=S) groups is 1. The molecule has 0 saturated heterocycles. The predicted molar refractivity (Wildman–Crippen MR) is 111 cm³/mol. The zero-order valence-electron chi connectivity index (χ0n) is 15.9. The van der Waals surface area contributed by atoms with Crippen molar-refractivity contribution in [3.05, 3.63) is 53.6 Å². The molecule has 0 atom stereocenters. The third-order valence-electron chi connectivity index (χ3n) is 3.56. The summed E-state index contributed by atoms with van der Waals surface area (Å²) in [5.74, 6) is -0.345. The Balaban J connectivity index is 2.20. The minimum Gasteiger partial charge on any atom is -0.497 e. The smallest absolute Gasteiger partial charge is 0.338 e. The number of rotatable bonds is 7. The van der Waals surface area contributed by atoms with Crippen LogP contribution in [0.3, 0.4) is 0 Å². The van der Waals surface area contributed by atoms with Crippen LogP contribution >= 0.6 is 12.2 Å². The van der Waals surface area contributed by atoms with Crippen LogP contribution < -0.4 is 15.4 Å². The van der Waals surface area contributed by atoms with Crippen LogP contribution in [0.5, 0.6) is 5.75 Å². The zero-order chi connectivity index (χ0) is 20.5. The summed E-state index contributed by atoms with van der Waals surface area (Å²) in [5.41, 5.74) is 1.66. The van der Waals surface area contributed by atoms with Crippen molar-refractivity contribution in [3.8, 4) is 5.75 Å². The summed E-state index contributed by atoms with van der Waals surface area (Å²) in [4.78, 5) is 24.2. The summed E-state index contributed by atoms with van der Waals surface area (Å²) in [6, 6.07) is 11.8. The molecule has 7 nitrogen and oxygen atoms in total.